The van der Waals surface area contributed by atoms with E-state index in [0.717, 1.165) is 24.8 Å². The Morgan fingerprint density at radius 2 is 1.97 bits per heavy atom. The third-order valence-corrected chi connectivity index (χ3v) is 10.00. The van der Waals surface area contributed by atoms with Crippen LogP contribution in [0.1, 0.15) is 78.6 Å². The molecule has 1 heterocycles. The van der Waals surface area contributed by atoms with Gasteiger partial charge in [0, 0.05) is 12.1 Å². The molecule has 1 amide bonds. The molecule has 0 spiro atoms. The smallest absolute Gasteiger partial charge is 0.445 e. The molecule has 196 valence electrons. The van der Waals surface area contributed by atoms with Crippen molar-refractivity contribution >= 4 is 22.3 Å². The van der Waals surface area contributed by atoms with E-state index in [1.807, 2.05) is 6.08 Å². The van der Waals surface area contributed by atoms with Gasteiger partial charge in [-0.15, -0.1) is 0 Å². The fraction of sp³-hybridized carbons (Fsp3) is 0.769. The number of aliphatic carboxylic acids is 1. The number of carboxylic acid groups (broad SMARTS) is 1. The minimum Gasteiger partial charge on any atom is -0.480 e. The third-order valence-electron chi connectivity index (χ3n) is 9.66. The van der Waals surface area contributed by atoms with E-state index in [2.05, 4.69) is 20.8 Å². The van der Waals surface area contributed by atoms with Gasteiger partial charge in [0.25, 0.3) is 0 Å². The number of nitrogens with zero attached hydrogens (tertiary/aromatic N) is 1. The van der Waals surface area contributed by atoms with Crippen LogP contribution in [0.15, 0.2) is 23.5 Å². The van der Waals surface area contributed by atoms with Crippen molar-refractivity contribution < 1.29 is 31.8 Å². The predicted octanol–water partition coefficient (Wildman–Crippen LogP) is 4.59. The number of carboxylic acids is 1. The first-order valence-electron chi connectivity index (χ1n) is 12.9. The molecule has 8 nitrogen and oxygen atoms in total. The van der Waals surface area contributed by atoms with Gasteiger partial charge in [0.15, 0.2) is 0 Å². The molecule has 0 aromatic rings. The van der Waals surface area contributed by atoms with Gasteiger partial charge < -0.3 is 14.2 Å². The van der Waals surface area contributed by atoms with E-state index in [1.165, 1.54) is 30.4 Å². The molecule has 1 aliphatic heterocycles. The summed E-state index contributed by atoms with van der Waals surface area (Å²) in [5, 5.41) is 9.05. The lowest BCUT2D eigenvalue weighted by Crippen LogP contribution is -2.54. The molecule has 5 atom stereocenters. The van der Waals surface area contributed by atoms with E-state index < -0.39 is 16.4 Å². The average molecular weight is 510 g/mol. The summed E-state index contributed by atoms with van der Waals surface area (Å²) in [7, 11) is -4.59. The number of hydrogen-bond donors (Lipinski definition) is 2. The molecule has 9 heteroatoms. The maximum atomic E-state index is 12.7. The largest absolute Gasteiger partial charge is 0.480 e. The standard InChI is InChI=1S/C26H39NO7S/c1-25(2)12-4-13-26(3)21-9-6-18(16-34-35(31,32)33)19(20(21)8-10-22(25)26)7-5-17-11-14-27(24(17)30)15-23(28)29/h11,16,19-22H,4-10,12-15H2,1-3H3,(H,28,29)(H,31,32,33)/b18-16-/t19-,20-,21-,22-,26+/m0/s1. The van der Waals surface area contributed by atoms with Crippen LogP contribution in [0.5, 0.6) is 0 Å². The van der Waals surface area contributed by atoms with Crippen molar-refractivity contribution in [3.8, 4) is 0 Å². The first-order chi connectivity index (χ1) is 16.3. The lowest BCUT2D eigenvalue weighted by Gasteiger charge is -2.62. The average Bonchev–Trinajstić information content (AvgIpc) is 3.08. The number of fused-ring (bicyclic) bond motifs is 3. The predicted molar refractivity (Wildman–Crippen MR) is 130 cm³/mol. The van der Waals surface area contributed by atoms with Crippen LogP contribution in [0.2, 0.25) is 0 Å². The highest BCUT2D eigenvalue weighted by Crippen LogP contribution is 2.65. The van der Waals surface area contributed by atoms with Crippen molar-refractivity contribution in [1.82, 2.24) is 4.90 Å². The van der Waals surface area contributed by atoms with Crippen LogP contribution in [0.4, 0.5) is 0 Å². The van der Waals surface area contributed by atoms with E-state index in [9.17, 15) is 18.0 Å². The summed E-state index contributed by atoms with van der Waals surface area (Å²) in [4.78, 5) is 25.1. The second kappa shape index (κ2) is 9.54. The lowest BCUT2D eigenvalue weighted by molar-refractivity contribution is -0.142. The summed E-state index contributed by atoms with van der Waals surface area (Å²) in [5.41, 5.74) is 2.06. The van der Waals surface area contributed by atoms with Crippen molar-refractivity contribution in [3.63, 3.8) is 0 Å². The number of allylic oxidation sites excluding steroid dienone is 1. The number of hydrogen-bond acceptors (Lipinski definition) is 5. The Kier molecular flexibility index (Phi) is 7.14. The quantitative estimate of drug-likeness (QED) is 0.380. The van der Waals surface area contributed by atoms with Crippen molar-refractivity contribution in [2.45, 2.75) is 78.6 Å². The first-order valence-corrected chi connectivity index (χ1v) is 14.2. The topological polar surface area (TPSA) is 121 Å². The molecule has 4 rings (SSSR count). The summed E-state index contributed by atoms with van der Waals surface area (Å²) in [6, 6.07) is 0. The van der Waals surface area contributed by atoms with Crippen molar-refractivity contribution in [2.75, 3.05) is 13.1 Å². The second-order valence-corrected chi connectivity index (χ2v) is 13.0. The Morgan fingerprint density at radius 1 is 1.23 bits per heavy atom. The van der Waals surface area contributed by atoms with Gasteiger partial charge in [-0.3, -0.25) is 14.1 Å². The highest BCUT2D eigenvalue weighted by Gasteiger charge is 2.56. The molecule has 3 saturated carbocycles. The third kappa shape index (κ3) is 5.31. The fourth-order valence-corrected chi connectivity index (χ4v) is 8.51. The van der Waals surface area contributed by atoms with E-state index in [0.29, 0.717) is 54.5 Å². The van der Waals surface area contributed by atoms with Gasteiger partial charge in [0.05, 0.1) is 0 Å². The molecule has 0 bridgehead atoms. The van der Waals surface area contributed by atoms with Crippen LogP contribution in [0.3, 0.4) is 0 Å². The van der Waals surface area contributed by atoms with E-state index in [4.69, 9.17) is 13.8 Å². The van der Waals surface area contributed by atoms with Crippen LogP contribution in [0, 0.1) is 34.5 Å². The molecular formula is C26H39NO7S. The zero-order valence-electron chi connectivity index (χ0n) is 21.0. The molecule has 3 aliphatic carbocycles. The highest BCUT2D eigenvalue weighted by molar-refractivity contribution is 7.81. The van der Waals surface area contributed by atoms with Gasteiger partial charge >= 0.3 is 16.4 Å². The number of rotatable bonds is 7. The Balaban J connectivity index is 1.56. The first kappa shape index (κ1) is 26.2. The van der Waals surface area contributed by atoms with E-state index in [-0.39, 0.29) is 23.8 Å². The molecule has 0 aromatic carbocycles. The summed E-state index contributed by atoms with van der Waals surface area (Å²) < 4.78 is 36.4. The monoisotopic (exact) mass is 509 g/mol. The molecule has 0 radical (unpaired) electrons. The SMILES string of the molecule is CC1(C)CCC[C@]2(C)[C@H]3CC/C(=C/OS(=O)(=O)O)[C@H](CCC4=CCN(CC(=O)O)C4=O)[C@@H]3CC[C@@H]12. The maximum Gasteiger partial charge on any atom is 0.445 e. The number of carbonyl (C=O) groups excluding carboxylic acids is 1. The van der Waals surface area contributed by atoms with Gasteiger partial charge in [0.2, 0.25) is 5.91 Å². The highest BCUT2D eigenvalue weighted by atomic mass is 32.3. The minimum atomic E-state index is -4.59. The molecule has 0 aromatic heterocycles. The molecular weight excluding hydrogens is 470 g/mol. The van der Waals surface area contributed by atoms with Crippen molar-refractivity contribution in [3.05, 3.63) is 23.5 Å². The van der Waals surface area contributed by atoms with Gasteiger partial charge in [-0.25, -0.2) is 0 Å². The summed E-state index contributed by atoms with van der Waals surface area (Å²) in [5.74, 6) is 0.336. The number of carbonyl (C=O) groups is 2. The Bertz CT molecular complexity index is 1030. The molecule has 0 saturated heterocycles. The van der Waals surface area contributed by atoms with Crippen LogP contribution in [-0.2, 0) is 24.2 Å². The Labute approximate surface area is 208 Å². The van der Waals surface area contributed by atoms with Crippen LogP contribution >= 0.6 is 0 Å². The summed E-state index contributed by atoms with van der Waals surface area (Å²) >= 11 is 0. The molecule has 2 N–H and O–H groups in total. The van der Waals surface area contributed by atoms with Crippen molar-refractivity contribution in [1.29, 1.82) is 0 Å². The minimum absolute atomic E-state index is 0.0561. The molecule has 3 fully saturated rings. The zero-order valence-corrected chi connectivity index (χ0v) is 21.8. The molecule has 0 unspecified atom stereocenters. The normalized spacial score (nSPS) is 35.9. The number of amides is 1. The molecule has 4 aliphatic rings. The molecule has 35 heavy (non-hydrogen) atoms. The van der Waals surface area contributed by atoms with Gasteiger partial charge in [-0.05, 0) is 91.4 Å². The fourth-order valence-electron chi connectivity index (χ4n) is 8.27. The van der Waals surface area contributed by atoms with Crippen LogP contribution < -0.4 is 0 Å². The van der Waals surface area contributed by atoms with E-state index >= 15 is 0 Å². The lowest BCUT2D eigenvalue weighted by atomic mass is 9.43. The Hall–Kier alpha value is -1.87. The van der Waals surface area contributed by atoms with Crippen LogP contribution in [0.25, 0.3) is 0 Å². The van der Waals surface area contributed by atoms with Crippen molar-refractivity contribution in [2.24, 2.45) is 34.5 Å². The van der Waals surface area contributed by atoms with Gasteiger partial charge in [-0.1, -0.05) is 33.3 Å². The maximum absolute atomic E-state index is 12.7. The van der Waals surface area contributed by atoms with Gasteiger partial charge in [0.1, 0.15) is 12.8 Å². The summed E-state index contributed by atoms with van der Waals surface area (Å²) in [6.45, 7) is 7.27. The van der Waals surface area contributed by atoms with Crippen LogP contribution in [-0.4, -0.2) is 47.9 Å². The van der Waals surface area contributed by atoms with Gasteiger partial charge in [-0.2, -0.15) is 8.42 Å². The zero-order chi connectivity index (χ0) is 25.6. The second-order valence-electron chi connectivity index (χ2n) is 12.0. The van der Waals surface area contributed by atoms with E-state index in [1.54, 1.807) is 0 Å². The summed E-state index contributed by atoms with van der Waals surface area (Å²) in [6.07, 6.45) is 11.8. The Morgan fingerprint density at radius 3 is 2.66 bits per heavy atom.